The van der Waals surface area contributed by atoms with Crippen LogP contribution in [-0.4, -0.2) is 42.0 Å². The van der Waals surface area contributed by atoms with Crippen LogP contribution in [0.15, 0.2) is 48.7 Å². The topological polar surface area (TPSA) is 83.6 Å². The number of nitrogens with zero attached hydrogens (tertiary/aromatic N) is 2. The van der Waals surface area contributed by atoms with E-state index in [1.807, 2.05) is 13.0 Å². The van der Waals surface area contributed by atoms with Crippen molar-refractivity contribution in [3.63, 3.8) is 0 Å². The minimum Gasteiger partial charge on any atom is -0.496 e. The molecule has 2 bridgehead atoms. The fourth-order valence-corrected chi connectivity index (χ4v) is 5.69. The van der Waals surface area contributed by atoms with E-state index in [1.54, 1.807) is 31.4 Å². The number of carbonyl (C=O) groups is 2. The number of amides is 2. The van der Waals surface area contributed by atoms with Gasteiger partial charge in [0.2, 0.25) is 0 Å². The normalized spacial score (nSPS) is 20.0. The zero-order valence-electron chi connectivity index (χ0n) is 21.6. The van der Waals surface area contributed by atoms with Gasteiger partial charge in [-0.05, 0) is 69.0 Å². The Balaban J connectivity index is 1.21. The van der Waals surface area contributed by atoms with Crippen LogP contribution in [0, 0.1) is 24.4 Å². The molecule has 0 saturated carbocycles. The first-order chi connectivity index (χ1) is 18.8. The second kappa shape index (κ2) is 11.0. The molecule has 5 rings (SSSR count). The van der Waals surface area contributed by atoms with E-state index in [0.717, 1.165) is 43.1 Å². The molecule has 204 valence electrons. The molecule has 10 heteroatoms. The summed E-state index contributed by atoms with van der Waals surface area (Å²) >= 11 is 0. The minimum absolute atomic E-state index is 0.0329. The van der Waals surface area contributed by atoms with Gasteiger partial charge in [0, 0.05) is 47.6 Å². The van der Waals surface area contributed by atoms with Crippen LogP contribution < -0.4 is 20.3 Å². The number of aromatic nitrogens is 1. The highest BCUT2D eigenvalue weighted by Gasteiger charge is 2.42. The summed E-state index contributed by atoms with van der Waals surface area (Å²) in [5.74, 6) is -2.72. The lowest BCUT2D eigenvalue weighted by atomic mass is 9.96. The second-order valence-electron chi connectivity index (χ2n) is 9.98. The van der Waals surface area contributed by atoms with E-state index in [2.05, 4.69) is 20.5 Å². The molecule has 2 aliphatic rings. The molecule has 2 atom stereocenters. The number of piperidine rings is 1. The molecule has 2 aromatic carbocycles. The Hall–Kier alpha value is -4.08. The van der Waals surface area contributed by atoms with Crippen molar-refractivity contribution in [1.29, 1.82) is 0 Å². The maximum atomic E-state index is 13.9. The lowest BCUT2D eigenvalue weighted by Crippen LogP contribution is -2.50. The number of hydrogen-bond donors (Lipinski definition) is 2. The van der Waals surface area contributed by atoms with Gasteiger partial charge in [-0.3, -0.25) is 9.59 Å². The van der Waals surface area contributed by atoms with E-state index >= 15 is 0 Å². The Bertz CT molecular complexity index is 1390. The summed E-state index contributed by atoms with van der Waals surface area (Å²) in [7, 11) is 1.58. The smallest absolute Gasteiger partial charge is 0.253 e. The molecule has 2 aliphatic heterocycles. The van der Waals surface area contributed by atoms with Gasteiger partial charge in [-0.25, -0.2) is 18.2 Å². The Morgan fingerprint density at radius 2 is 1.72 bits per heavy atom. The predicted molar refractivity (Wildman–Crippen MR) is 139 cm³/mol. The van der Waals surface area contributed by atoms with Crippen molar-refractivity contribution < 1.29 is 27.5 Å². The number of pyridine rings is 1. The molecule has 39 heavy (non-hydrogen) atoms. The third-order valence-electron chi connectivity index (χ3n) is 7.66. The van der Waals surface area contributed by atoms with Gasteiger partial charge in [0.15, 0.2) is 11.6 Å². The van der Waals surface area contributed by atoms with Gasteiger partial charge in [-0.15, -0.1) is 0 Å². The lowest BCUT2D eigenvalue weighted by molar-refractivity contribution is 0.0923. The first-order valence-electron chi connectivity index (χ1n) is 12.9. The summed E-state index contributed by atoms with van der Waals surface area (Å²) in [6.07, 6.45) is 4.93. The molecule has 1 aromatic heterocycles. The van der Waals surface area contributed by atoms with E-state index in [9.17, 15) is 22.8 Å². The SMILES string of the molecule is COc1cccc(C(=O)NC2CC3CCC(C2)N3c2ccc(C(=O)NCc3c(F)ccc(F)c3F)cn2)c1C. The van der Waals surface area contributed by atoms with Gasteiger partial charge >= 0.3 is 0 Å². The van der Waals surface area contributed by atoms with E-state index in [-0.39, 0.29) is 29.6 Å². The minimum atomic E-state index is -1.32. The van der Waals surface area contributed by atoms with Crippen LogP contribution in [0.4, 0.5) is 19.0 Å². The van der Waals surface area contributed by atoms with Crippen LogP contribution in [0.25, 0.3) is 0 Å². The first-order valence-corrected chi connectivity index (χ1v) is 12.9. The molecule has 2 fully saturated rings. The third-order valence-corrected chi connectivity index (χ3v) is 7.66. The number of methoxy groups -OCH3 is 1. The largest absolute Gasteiger partial charge is 0.496 e. The number of rotatable bonds is 7. The monoisotopic (exact) mass is 538 g/mol. The quantitative estimate of drug-likeness (QED) is 0.427. The maximum absolute atomic E-state index is 13.9. The summed E-state index contributed by atoms with van der Waals surface area (Å²) in [5, 5.41) is 5.61. The maximum Gasteiger partial charge on any atom is 0.253 e. The van der Waals surface area contributed by atoms with Gasteiger partial charge in [0.1, 0.15) is 17.4 Å². The summed E-state index contributed by atoms with van der Waals surface area (Å²) in [6.45, 7) is 1.38. The van der Waals surface area contributed by atoms with Crippen LogP contribution in [0.2, 0.25) is 0 Å². The molecule has 0 spiro atoms. The molecule has 2 amide bonds. The Morgan fingerprint density at radius 1 is 1.00 bits per heavy atom. The van der Waals surface area contributed by atoms with Crippen molar-refractivity contribution in [3.05, 3.63) is 88.4 Å². The van der Waals surface area contributed by atoms with Crippen molar-refractivity contribution in [3.8, 4) is 5.75 Å². The average Bonchev–Trinajstić information content (AvgIpc) is 3.20. The molecule has 2 saturated heterocycles. The fraction of sp³-hybridized carbons (Fsp3) is 0.345. The van der Waals surface area contributed by atoms with E-state index in [1.165, 1.54) is 6.20 Å². The van der Waals surface area contributed by atoms with E-state index in [4.69, 9.17) is 4.74 Å². The van der Waals surface area contributed by atoms with Gasteiger partial charge < -0.3 is 20.3 Å². The predicted octanol–water partition coefficient (Wildman–Crippen LogP) is 4.68. The Morgan fingerprint density at radius 3 is 2.38 bits per heavy atom. The third kappa shape index (κ3) is 5.28. The highest BCUT2D eigenvalue weighted by molar-refractivity contribution is 5.96. The standard InChI is InChI=1S/C29H29F3N4O3/c1-16-21(4-3-5-25(16)39-2)29(38)35-18-12-19-7-8-20(13-18)36(19)26-11-6-17(14-33-26)28(37)34-15-22-23(30)9-10-24(31)27(22)32/h3-6,9-11,14,18-20H,7-8,12-13,15H2,1-2H3,(H,34,37)(H,35,38). The van der Waals surface area contributed by atoms with Crippen molar-refractivity contribution in [2.24, 2.45) is 0 Å². The average molecular weight is 539 g/mol. The van der Waals surface area contributed by atoms with Crippen LogP contribution in [-0.2, 0) is 6.54 Å². The fourth-order valence-electron chi connectivity index (χ4n) is 5.69. The molecular formula is C29H29F3N4O3. The molecular weight excluding hydrogens is 509 g/mol. The summed E-state index contributed by atoms with van der Waals surface area (Å²) < 4.78 is 46.5. The van der Waals surface area contributed by atoms with E-state index in [0.29, 0.717) is 17.4 Å². The molecule has 0 radical (unpaired) electrons. The van der Waals surface area contributed by atoms with E-state index < -0.39 is 35.5 Å². The molecule has 0 aliphatic carbocycles. The number of anilines is 1. The molecule has 3 aromatic rings. The zero-order valence-corrected chi connectivity index (χ0v) is 21.6. The highest BCUT2D eigenvalue weighted by atomic mass is 19.2. The van der Waals surface area contributed by atoms with Crippen molar-refractivity contribution >= 4 is 17.6 Å². The highest BCUT2D eigenvalue weighted by Crippen LogP contribution is 2.38. The Labute approximate surface area is 224 Å². The van der Waals surface area contributed by atoms with Crippen LogP contribution in [0.5, 0.6) is 5.75 Å². The Kier molecular flexibility index (Phi) is 7.45. The number of hydrogen-bond acceptors (Lipinski definition) is 5. The van der Waals surface area contributed by atoms with Crippen molar-refractivity contribution in [2.75, 3.05) is 12.0 Å². The molecule has 3 heterocycles. The molecule has 2 N–H and O–H groups in total. The summed E-state index contributed by atoms with van der Waals surface area (Å²) in [6, 6.07) is 10.7. The zero-order chi connectivity index (χ0) is 27.7. The number of benzene rings is 2. The van der Waals surface area contributed by atoms with Crippen molar-refractivity contribution in [1.82, 2.24) is 15.6 Å². The van der Waals surface area contributed by atoms with Gasteiger partial charge in [-0.2, -0.15) is 0 Å². The second-order valence-corrected chi connectivity index (χ2v) is 9.98. The number of carbonyl (C=O) groups excluding carboxylic acids is 2. The van der Waals surface area contributed by atoms with Crippen LogP contribution in [0.3, 0.4) is 0 Å². The summed E-state index contributed by atoms with van der Waals surface area (Å²) in [5.41, 5.74) is 1.08. The van der Waals surface area contributed by atoms with Gasteiger partial charge in [0.25, 0.3) is 11.8 Å². The number of ether oxygens (including phenoxy) is 1. The van der Waals surface area contributed by atoms with Gasteiger partial charge in [0.05, 0.1) is 12.7 Å². The molecule has 7 nitrogen and oxygen atoms in total. The number of halogens is 3. The van der Waals surface area contributed by atoms with Crippen LogP contribution >= 0.6 is 0 Å². The number of nitrogens with one attached hydrogen (secondary N) is 2. The van der Waals surface area contributed by atoms with Crippen molar-refractivity contribution in [2.45, 2.75) is 57.3 Å². The molecule has 2 unspecified atom stereocenters. The summed E-state index contributed by atoms with van der Waals surface area (Å²) in [4.78, 5) is 32.3. The first kappa shape index (κ1) is 26.5. The van der Waals surface area contributed by atoms with Crippen LogP contribution in [0.1, 0.15) is 57.5 Å². The van der Waals surface area contributed by atoms with Gasteiger partial charge in [-0.1, -0.05) is 6.07 Å². The number of fused-ring (bicyclic) bond motifs is 2. The lowest BCUT2D eigenvalue weighted by Gasteiger charge is -2.40.